The van der Waals surface area contributed by atoms with Crippen molar-refractivity contribution in [3.63, 3.8) is 0 Å². The molecule has 0 aromatic carbocycles. The Balaban J connectivity index is 2.65. The second-order valence-electron chi connectivity index (χ2n) is 2.91. The lowest BCUT2D eigenvalue weighted by Gasteiger charge is -2.38. The number of aliphatic hydroxyl groups is 3. The molecule has 0 spiro atoms. The van der Waals surface area contributed by atoms with Crippen molar-refractivity contribution in [2.24, 2.45) is 0 Å². The Morgan fingerprint density at radius 2 is 1.75 bits per heavy atom. The lowest BCUT2D eigenvalue weighted by Crippen LogP contribution is -2.57. The van der Waals surface area contributed by atoms with E-state index in [0.717, 1.165) is 0 Å². The summed E-state index contributed by atoms with van der Waals surface area (Å²) in [5.74, 6) is 0. The Kier molecular flexibility index (Phi) is 3.03. The molecule has 0 aliphatic carbocycles. The number of hydrogen-bond acceptors (Lipinski definition) is 5. The first-order chi connectivity index (χ1) is 5.57. The zero-order valence-corrected chi connectivity index (χ0v) is 7.04. The van der Waals surface area contributed by atoms with Crippen molar-refractivity contribution in [1.29, 1.82) is 0 Å². The molecule has 1 rings (SSSR count). The van der Waals surface area contributed by atoms with Gasteiger partial charge < -0.3 is 24.8 Å². The Morgan fingerprint density at radius 1 is 1.17 bits per heavy atom. The van der Waals surface area contributed by atoms with Crippen molar-refractivity contribution >= 4 is 0 Å². The van der Waals surface area contributed by atoms with E-state index in [1.54, 1.807) is 6.92 Å². The molecule has 1 heterocycles. The number of aliphatic hydroxyl groups excluding tert-OH is 3. The van der Waals surface area contributed by atoms with Gasteiger partial charge in [0.15, 0.2) is 6.29 Å². The Bertz CT molecular complexity index is 151. The van der Waals surface area contributed by atoms with Gasteiger partial charge in [0.1, 0.15) is 18.3 Å². The molecule has 0 radical (unpaired) electrons. The summed E-state index contributed by atoms with van der Waals surface area (Å²) in [5.41, 5.74) is 0. The standard InChI is InChI=1S/C7H14O5/c1-3-4(8)5(9)6(11-2)7(10)12-3/h3-10H,1-2H3/t3-,4-,5+,6+,7-/m0/s1. The fourth-order valence-electron chi connectivity index (χ4n) is 1.27. The van der Waals surface area contributed by atoms with E-state index >= 15 is 0 Å². The normalized spacial score (nSPS) is 49.2. The van der Waals surface area contributed by atoms with E-state index in [2.05, 4.69) is 0 Å². The van der Waals surface area contributed by atoms with Crippen LogP contribution in [0.4, 0.5) is 0 Å². The highest BCUT2D eigenvalue weighted by Gasteiger charge is 2.41. The summed E-state index contributed by atoms with van der Waals surface area (Å²) in [6.45, 7) is 1.57. The molecule has 0 aromatic heterocycles. The largest absolute Gasteiger partial charge is 0.388 e. The van der Waals surface area contributed by atoms with Crippen LogP contribution in [0.5, 0.6) is 0 Å². The first-order valence-corrected chi connectivity index (χ1v) is 3.80. The van der Waals surface area contributed by atoms with Crippen molar-refractivity contribution < 1.29 is 24.8 Å². The highest BCUT2D eigenvalue weighted by Crippen LogP contribution is 2.20. The molecule has 1 aliphatic rings. The average molecular weight is 178 g/mol. The quantitative estimate of drug-likeness (QED) is 0.453. The number of ether oxygens (including phenoxy) is 2. The summed E-state index contributed by atoms with van der Waals surface area (Å²) in [6, 6.07) is 0. The minimum absolute atomic E-state index is 0.582. The summed E-state index contributed by atoms with van der Waals surface area (Å²) in [6.07, 6.45) is -4.76. The van der Waals surface area contributed by atoms with Gasteiger partial charge in [-0.3, -0.25) is 0 Å². The van der Waals surface area contributed by atoms with Gasteiger partial charge in [0.2, 0.25) is 0 Å². The van der Waals surface area contributed by atoms with Crippen LogP contribution in [0.2, 0.25) is 0 Å². The summed E-state index contributed by atoms with van der Waals surface area (Å²) in [5, 5.41) is 27.9. The maximum absolute atomic E-state index is 9.36. The van der Waals surface area contributed by atoms with Crippen molar-refractivity contribution in [3.8, 4) is 0 Å². The third-order valence-corrected chi connectivity index (χ3v) is 2.07. The van der Waals surface area contributed by atoms with E-state index in [1.807, 2.05) is 0 Å². The van der Waals surface area contributed by atoms with Crippen molar-refractivity contribution in [2.45, 2.75) is 37.6 Å². The predicted molar refractivity (Wildman–Crippen MR) is 39.4 cm³/mol. The molecule has 0 amide bonds. The van der Waals surface area contributed by atoms with E-state index in [-0.39, 0.29) is 0 Å². The predicted octanol–water partition coefficient (Wildman–Crippen LogP) is -1.54. The van der Waals surface area contributed by atoms with E-state index in [9.17, 15) is 15.3 Å². The zero-order chi connectivity index (χ0) is 9.30. The first kappa shape index (κ1) is 9.88. The summed E-state index contributed by atoms with van der Waals surface area (Å²) >= 11 is 0. The van der Waals surface area contributed by atoms with Crippen molar-refractivity contribution in [3.05, 3.63) is 0 Å². The Hall–Kier alpha value is -0.200. The van der Waals surface area contributed by atoms with Gasteiger partial charge in [0.25, 0.3) is 0 Å². The lowest BCUT2D eigenvalue weighted by molar-refractivity contribution is -0.283. The molecule has 0 saturated carbocycles. The zero-order valence-electron chi connectivity index (χ0n) is 7.04. The minimum Gasteiger partial charge on any atom is -0.388 e. The minimum atomic E-state index is -1.18. The van der Waals surface area contributed by atoms with E-state index in [0.29, 0.717) is 0 Å². The maximum atomic E-state index is 9.36. The number of rotatable bonds is 1. The van der Waals surface area contributed by atoms with Crippen LogP contribution in [0.3, 0.4) is 0 Å². The topological polar surface area (TPSA) is 79.2 Å². The summed E-state index contributed by atoms with van der Waals surface area (Å²) in [4.78, 5) is 0. The molecule has 12 heavy (non-hydrogen) atoms. The van der Waals surface area contributed by atoms with Crippen LogP contribution in [0, 0.1) is 0 Å². The fourth-order valence-corrected chi connectivity index (χ4v) is 1.27. The molecule has 72 valence electrons. The van der Waals surface area contributed by atoms with Gasteiger partial charge in [-0.25, -0.2) is 0 Å². The molecule has 0 aromatic rings. The molecule has 0 bridgehead atoms. The van der Waals surface area contributed by atoms with Crippen LogP contribution < -0.4 is 0 Å². The molecule has 1 saturated heterocycles. The average Bonchev–Trinajstić information content (AvgIpc) is 2.01. The highest BCUT2D eigenvalue weighted by molar-refractivity contribution is 4.87. The molecule has 5 nitrogen and oxygen atoms in total. The van der Waals surface area contributed by atoms with Crippen LogP contribution in [0.1, 0.15) is 6.92 Å². The molecule has 3 N–H and O–H groups in total. The monoisotopic (exact) mass is 178 g/mol. The third-order valence-electron chi connectivity index (χ3n) is 2.07. The molecular formula is C7H14O5. The summed E-state index contributed by atoms with van der Waals surface area (Å²) in [7, 11) is 1.34. The third kappa shape index (κ3) is 1.60. The van der Waals surface area contributed by atoms with E-state index < -0.39 is 30.7 Å². The number of methoxy groups -OCH3 is 1. The molecule has 5 heteroatoms. The van der Waals surface area contributed by atoms with Crippen LogP contribution in [0.15, 0.2) is 0 Å². The SMILES string of the molecule is CO[C@@H]1[C@H](O)[C@@H](O)[C@H](C)O[C@@H]1O. The van der Waals surface area contributed by atoms with Gasteiger partial charge in [0.05, 0.1) is 6.10 Å². The van der Waals surface area contributed by atoms with Crippen LogP contribution in [0.25, 0.3) is 0 Å². The highest BCUT2D eigenvalue weighted by atomic mass is 16.7. The lowest BCUT2D eigenvalue weighted by atomic mass is 10.00. The smallest absolute Gasteiger partial charge is 0.184 e. The van der Waals surface area contributed by atoms with Gasteiger partial charge in [-0.2, -0.15) is 0 Å². The van der Waals surface area contributed by atoms with Gasteiger partial charge in [-0.1, -0.05) is 0 Å². The van der Waals surface area contributed by atoms with Gasteiger partial charge in [-0.05, 0) is 6.92 Å². The molecule has 1 fully saturated rings. The molecule has 5 atom stereocenters. The molecular weight excluding hydrogens is 164 g/mol. The Labute approximate surface area is 70.5 Å². The summed E-state index contributed by atoms with van der Waals surface area (Å²) < 4.78 is 9.64. The molecule has 0 unspecified atom stereocenters. The second-order valence-corrected chi connectivity index (χ2v) is 2.91. The molecule has 1 aliphatic heterocycles. The Morgan fingerprint density at radius 3 is 2.25 bits per heavy atom. The van der Waals surface area contributed by atoms with Crippen molar-refractivity contribution in [1.82, 2.24) is 0 Å². The fraction of sp³-hybridized carbons (Fsp3) is 1.00. The number of hydrogen-bond donors (Lipinski definition) is 3. The second kappa shape index (κ2) is 3.68. The van der Waals surface area contributed by atoms with Crippen LogP contribution in [-0.4, -0.2) is 53.1 Å². The van der Waals surface area contributed by atoms with Crippen molar-refractivity contribution in [2.75, 3.05) is 7.11 Å². The van der Waals surface area contributed by atoms with E-state index in [4.69, 9.17) is 9.47 Å². The van der Waals surface area contributed by atoms with E-state index in [1.165, 1.54) is 7.11 Å². The van der Waals surface area contributed by atoms with Crippen LogP contribution >= 0.6 is 0 Å². The van der Waals surface area contributed by atoms with Crippen LogP contribution in [-0.2, 0) is 9.47 Å². The van der Waals surface area contributed by atoms with Gasteiger partial charge in [0, 0.05) is 7.11 Å². The first-order valence-electron chi connectivity index (χ1n) is 3.80. The van der Waals surface area contributed by atoms with Gasteiger partial charge >= 0.3 is 0 Å². The maximum Gasteiger partial charge on any atom is 0.184 e. The van der Waals surface area contributed by atoms with Gasteiger partial charge in [-0.15, -0.1) is 0 Å².